The van der Waals surface area contributed by atoms with Crippen LogP contribution in [-0.2, 0) is 0 Å². The fourth-order valence-corrected chi connectivity index (χ4v) is 2.17. The van der Waals surface area contributed by atoms with Gasteiger partial charge >= 0.3 is 0 Å². The van der Waals surface area contributed by atoms with Crippen LogP contribution in [0.5, 0.6) is 5.75 Å². The van der Waals surface area contributed by atoms with E-state index < -0.39 is 0 Å². The van der Waals surface area contributed by atoms with Gasteiger partial charge in [0.2, 0.25) is 5.28 Å². The van der Waals surface area contributed by atoms with Gasteiger partial charge in [-0.2, -0.15) is 0 Å². The first-order chi connectivity index (χ1) is 7.67. The normalized spacial score (nSPS) is 10.5. The van der Waals surface area contributed by atoms with Gasteiger partial charge in [0.05, 0.1) is 12.5 Å². The fourth-order valence-electron chi connectivity index (χ4n) is 1.49. The lowest BCUT2D eigenvalue weighted by atomic mass is 10.2. The molecule has 0 unspecified atom stereocenters. The zero-order valence-corrected chi connectivity index (χ0v) is 11.1. The lowest BCUT2D eigenvalue weighted by Gasteiger charge is -2.10. The van der Waals surface area contributed by atoms with Crippen molar-refractivity contribution >= 4 is 44.3 Å². The molecule has 0 radical (unpaired) electrons. The van der Waals surface area contributed by atoms with Crippen molar-refractivity contribution in [3.63, 3.8) is 0 Å². The number of hydrogen-bond acceptors (Lipinski definition) is 4. The van der Waals surface area contributed by atoms with Crippen LogP contribution in [0.25, 0.3) is 10.9 Å². The van der Waals surface area contributed by atoms with Crippen molar-refractivity contribution in [1.29, 1.82) is 0 Å². The molecule has 0 aliphatic rings. The van der Waals surface area contributed by atoms with Crippen LogP contribution >= 0.6 is 27.5 Å². The maximum absolute atomic E-state index is 5.85. The third-order valence-corrected chi connectivity index (χ3v) is 3.02. The highest BCUT2D eigenvalue weighted by molar-refractivity contribution is 9.10. The van der Waals surface area contributed by atoms with E-state index in [1.165, 1.54) is 0 Å². The third-order valence-electron chi connectivity index (χ3n) is 2.19. The molecule has 1 aromatic carbocycles. The molecule has 0 fully saturated rings. The molecule has 0 spiro atoms. The number of nitrogens with zero attached hydrogens (tertiary/aromatic N) is 2. The fraction of sp³-hybridized carbons (Fsp3) is 0.200. The second kappa shape index (κ2) is 4.43. The summed E-state index contributed by atoms with van der Waals surface area (Å²) in [5, 5.41) is 4.02. The molecule has 6 heteroatoms. The van der Waals surface area contributed by atoms with Crippen LogP contribution in [0.15, 0.2) is 16.6 Å². The Labute approximate surface area is 106 Å². The number of benzene rings is 1. The predicted octanol–water partition coefficient (Wildman–Crippen LogP) is 3.10. The number of fused-ring (bicyclic) bond motifs is 1. The van der Waals surface area contributed by atoms with E-state index in [2.05, 4.69) is 31.2 Å². The van der Waals surface area contributed by atoms with Gasteiger partial charge in [-0.05, 0) is 39.7 Å². The molecule has 0 amide bonds. The van der Waals surface area contributed by atoms with Crippen LogP contribution < -0.4 is 10.1 Å². The topological polar surface area (TPSA) is 47.0 Å². The zero-order valence-electron chi connectivity index (χ0n) is 8.71. The molecule has 4 nitrogen and oxygen atoms in total. The highest BCUT2D eigenvalue weighted by atomic mass is 79.9. The zero-order chi connectivity index (χ0) is 11.7. The van der Waals surface area contributed by atoms with Gasteiger partial charge in [0.1, 0.15) is 17.1 Å². The standard InChI is InChI=1S/C10H9BrClN3O/c1-13-9-7-5(11)3-4-6(16-2)8(7)14-10(12)15-9/h3-4H,1-2H3,(H,13,14,15). The van der Waals surface area contributed by atoms with Crippen LogP contribution in [0.2, 0.25) is 5.28 Å². The number of nitrogens with one attached hydrogen (secondary N) is 1. The molecule has 2 aromatic rings. The van der Waals surface area contributed by atoms with E-state index in [9.17, 15) is 0 Å². The number of halogens is 2. The second-order valence-corrected chi connectivity index (χ2v) is 4.26. The Morgan fingerprint density at radius 1 is 1.38 bits per heavy atom. The van der Waals surface area contributed by atoms with Gasteiger partial charge in [0.25, 0.3) is 0 Å². The summed E-state index contributed by atoms with van der Waals surface area (Å²) in [6.07, 6.45) is 0. The third kappa shape index (κ3) is 1.81. The molecule has 0 atom stereocenters. The summed E-state index contributed by atoms with van der Waals surface area (Å²) in [4.78, 5) is 8.29. The van der Waals surface area contributed by atoms with E-state index in [4.69, 9.17) is 16.3 Å². The maximum Gasteiger partial charge on any atom is 0.225 e. The molecule has 16 heavy (non-hydrogen) atoms. The highest BCUT2D eigenvalue weighted by Gasteiger charge is 2.12. The van der Waals surface area contributed by atoms with E-state index in [0.717, 1.165) is 9.86 Å². The van der Waals surface area contributed by atoms with Crippen molar-refractivity contribution in [1.82, 2.24) is 9.97 Å². The smallest absolute Gasteiger partial charge is 0.225 e. The van der Waals surface area contributed by atoms with Crippen LogP contribution in [0, 0.1) is 0 Å². The minimum atomic E-state index is 0.188. The van der Waals surface area contributed by atoms with Crippen molar-refractivity contribution in [3.05, 3.63) is 21.9 Å². The summed E-state index contributed by atoms with van der Waals surface area (Å²) in [7, 11) is 3.38. The van der Waals surface area contributed by atoms with Crippen LogP contribution in [0.3, 0.4) is 0 Å². The Morgan fingerprint density at radius 3 is 2.75 bits per heavy atom. The van der Waals surface area contributed by atoms with E-state index in [1.54, 1.807) is 14.2 Å². The quantitative estimate of drug-likeness (QED) is 0.866. The van der Waals surface area contributed by atoms with Gasteiger partial charge in [-0.25, -0.2) is 9.97 Å². The molecule has 1 heterocycles. The first-order valence-corrected chi connectivity index (χ1v) is 5.72. The van der Waals surface area contributed by atoms with Gasteiger partial charge in [-0.1, -0.05) is 0 Å². The van der Waals surface area contributed by atoms with E-state index >= 15 is 0 Å². The Bertz CT molecular complexity index is 547. The molecule has 1 aromatic heterocycles. The predicted molar refractivity (Wildman–Crippen MR) is 68.3 cm³/mol. The summed E-state index contributed by atoms with van der Waals surface area (Å²) in [5.41, 5.74) is 0.682. The minimum Gasteiger partial charge on any atom is -0.494 e. The summed E-state index contributed by atoms with van der Waals surface area (Å²) >= 11 is 9.31. The van der Waals surface area contributed by atoms with Crippen molar-refractivity contribution in [2.75, 3.05) is 19.5 Å². The van der Waals surface area contributed by atoms with Gasteiger partial charge in [-0.15, -0.1) is 0 Å². The molecule has 0 bridgehead atoms. The Kier molecular flexibility index (Phi) is 3.16. The number of hydrogen-bond donors (Lipinski definition) is 1. The Hall–Kier alpha value is -1.07. The summed E-state index contributed by atoms with van der Waals surface area (Å²) < 4.78 is 6.13. The van der Waals surface area contributed by atoms with Crippen LogP contribution in [0.1, 0.15) is 0 Å². The van der Waals surface area contributed by atoms with Gasteiger partial charge in [0, 0.05) is 11.5 Å². The number of anilines is 1. The first-order valence-electron chi connectivity index (χ1n) is 4.55. The van der Waals surface area contributed by atoms with Gasteiger partial charge < -0.3 is 10.1 Å². The largest absolute Gasteiger partial charge is 0.494 e. The molecule has 0 aliphatic heterocycles. The maximum atomic E-state index is 5.85. The molecule has 0 saturated carbocycles. The van der Waals surface area contributed by atoms with Crippen molar-refractivity contribution in [2.24, 2.45) is 0 Å². The Balaban J connectivity index is 2.91. The monoisotopic (exact) mass is 301 g/mol. The average Bonchev–Trinajstić information content (AvgIpc) is 2.28. The minimum absolute atomic E-state index is 0.188. The van der Waals surface area contributed by atoms with Crippen molar-refractivity contribution < 1.29 is 4.74 Å². The molecular formula is C10H9BrClN3O. The number of methoxy groups -OCH3 is 1. The second-order valence-electron chi connectivity index (χ2n) is 3.06. The summed E-state index contributed by atoms with van der Waals surface area (Å²) in [5.74, 6) is 1.33. The van der Waals surface area contributed by atoms with E-state index in [0.29, 0.717) is 17.1 Å². The Morgan fingerprint density at radius 2 is 2.12 bits per heavy atom. The summed E-state index contributed by atoms with van der Waals surface area (Å²) in [6, 6.07) is 3.72. The van der Waals surface area contributed by atoms with Gasteiger partial charge in [-0.3, -0.25) is 0 Å². The SMILES string of the molecule is CNc1nc(Cl)nc2c(OC)ccc(Br)c12. The molecule has 2 rings (SSSR count). The lowest BCUT2D eigenvalue weighted by Crippen LogP contribution is -1.98. The van der Waals surface area contributed by atoms with E-state index in [1.807, 2.05) is 12.1 Å². The number of rotatable bonds is 2. The molecule has 84 valence electrons. The van der Waals surface area contributed by atoms with Crippen LogP contribution in [-0.4, -0.2) is 24.1 Å². The number of ether oxygens (including phenoxy) is 1. The van der Waals surface area contributed by atoms with E-state index in [-0.39, 0.29) is 5.28 Å². The molecule has 0 saturated heterocycles. The van der Waals surface area contributed by atoms with Crippen molar-refractivity contribution in [2.45, 2.75) is 0 Å². The molecular weight excluding hydrogens is 293 g/mol. The van der Waals surface area contributed by atoms with Crippen LogP contribution in [0.4, 0.5) is 5.82 Å². The lowest BCUT2D eigenvalue weighted by molar-refractivity contribution is 0.419. The van der Waals surface area contributed by atoms with Crippen molar-refractivity contribution in [3.8, 4) is 5.75 Å². The highest BCUT2D eigenvalue weighted by Crippen LogP contribution is 2.34. The summed E-state index contributed by atoms with van der Waals surface area (Å²) in [6.45, 7) is 0. The molecule has 1 N–H and O–H groups in total. The van der Waals surface area contributed by atoms with Gasteiger partial charge in [0.15, 0.2) is 0 Å². The number of aromatic nitrogens is 2. The average molecular weight is 303 g/mol. The first kappa shape index (κ1) is 11.4. The molecule has 0 aliphatic carbocycles.